The van der Waals surface area contributed by atoms with Crippen molar-refractivity contribution in [2.45, 2.75) is 0 Å². The van der Waals surface area contributed by atoms with Gasteiger partial charge >= 0.3 is 23.9 Å². The molecule has 0 fully saturated rings. The third-order valence-electron chi connectivity index (χ3n) is 0. The van der Waals surface area contributed by atoms with E-state index in [1.165, 1.54) is 0 Å². The molecular weight excluding hydrogens is 318 g/mol. The molecule has 0 saturated carbocycles. The summed E-state index contributed by atoms with van der Waals surface area (Å²) in [6, 6.07) is 0. The van der Waals surface area contributed by atoms with E-state index in [0.717, 1.165) is 0 Å². The second-order valence-corrected chi connectivity index (χ2v) is 2.27. The minimum absolute atomic E-state index is 0. The van der Waals surface area contributed by atoms with Gasteiger partial charge < -0.3 is 0 Å². The molecule has 0 aliphatic rings. The van der Waals surface area contributed by atoms with Crippen molar-refractivity contribution in [1.29, 1.82) is 0 Å². The van der Waals surface area contributed by atoms with Crippen LogP contribution in [0, 0.1) is 20.5 Å². The minimum atomic E-state index is -4.94. The Morgan fingerprint density at radius 1 is 0.455 bits per heavy atom. The molecule has 0 radical (unpaired) electrons. The Morgan fingerprint density at radius 3 is 0.455 bits per heavy atom. The Morgan fingerprint density at radius 2 is 0.455 bits per heavy atom. The van der Waals surface area contributed by atoms with Crippen molar-refractivity contribution in [3.8, 4) is 0 Å². The fourth-order valence-corrected chi connectivity index (χ4v) is 0. The van der Waals surface area contributed by atoms with E-state index in [9.17, 15) is 0 Å². The quantitative estimate of drug-likeness (QED) is 0.394. The van der Waals surface area contributed by atoms with Crippen LogP contribution in [0.2, 0.25) is 0 Å². The second kappa shape index (κ2) is 6.56. The average molecular weight is 320 g/mol. The summed E-state index contributed by atoms with van der Waals surface area (Å²) in [6.07, 6.45) is 0. The van der Waals surface area contributed by atoms with Crippen LogP contribution in [-0.4, -0.2) is 23.9 Å². The van der Waals surface area contributed by atoms with E-state index in [-0.39, 0.29) is 23.9 Å². The van der Waals surface area contributed by atoms with Crippen molar-refractivity contribution in [2.75, 3.05) is 0 Å². The summed E-state index contributed by atoms with van der Waals surface area (Å²) in [5, 5.41) is 0. The Hall–Kier alpha value is 1.06. The first-order valence-electron chi connectivity index (χ1n) is 1.23. The first kappa shape index (κ1) is 18.0. The molecule has 0 saturated heterocycles. The molecule has 0 atom stereocenters. The molecule has 0 aromatic carbocycles. The molecule has 0 rings (SSSR count). The third-order valence-corrected chi connectivity index (χ3v) is 0. The van der Waals surface area contributed by atoms with Gasteiger partial charge in [0.15, 0.2) is 0 Å². The standard InChI is InChI=1S/2ClHO4.Sn.2H/c2*2-1(3,4)5;;;/h2*(H,2,3,4,5);;;/q;;+2;;/p-2. The van der Waals surface area contributed by atoms with Crippen LogP contribution in [0.15, 0.2) is 0 Å². The molecular formula is H2Cl2O8Sn. The van der Waals surface area contributed by atoms with Crippen LogP contribution in [-0.2, 0) is 0 Å². The molecule has 0 unspecified atom stereocenters. The van der Waals surface area contributed by atoms with Gasteiger partial charge in [0.05, 0.1) is 0 Å². The van der Waals surface area contributed by atoms with Gasteiger partial charge in [0.2, 0.25) is 0 Å². The summed E-state index contributed by atoms with van der Waals surface area (Å²) in [5.41, 5.74) is 0. The molecule has 68 valence electrons. The Bertz CT molecular complexity index is 55.1. The molecule has 0 aliphatic carbocycles. The van der Waals surface area contributed by atoms with Crippen LogP contribution in [0.3, 0.4) is 0 Å². The second-order valence-electron chi connectivity index (χ2n) is 0.756. The molecule has 11 heteroatoms. The fraction of sp³-hybridized carbons (Fsp3) is 0. The van der Waals surface area contributed by atoms with Crippen molar-refractivity contribution in [1.82, 2.24) is 0 Å². The van der Waals surface area contributed by atoms with E-state index >= 15 is 0 Å². The zero-order valence-corrected chi connectivity index (χ0v) is 10.3. The Kier molecular flexibility index (Phi) is 10.7. The van der Waals surface area contributed by atoms with Gasteiger partial charge in [0.1, 0.15) is 0 Å². The summed E-state index contributed by atoms with van der Waals surface area (Å²) in [4.78, 5) is 0. The summed E-state index contributed by atoms with van der Waals surface area (Å²) >= 11 is 0. The van der Waals surface area contributed by atoms with Crippen LogP contribution < -0.4 is 37.3 Å². The number of rotatable bonds is 0. The van der Waals surface area contributed by atoms with E-state index < -0.39 is 20.5 Å². The molecule has 0 spiro atoms. The predicted molar refractivity (Wildman–Crippen MR) is 8.54 cm³/mol. The van der Waals surface area contributed by atoms with Gasteiger partial charge in [0, 0.05) is 0 Å². The fourth-order valence-electron chi connectivity index (χ4n) is 0. The van der Waals surface area contributed by atoms with E-state index in [2.05, 4.69) is 0 Å². The monoisotopic (exact) mass is 320 g/mol. The molecule has 0 aliphatic heterocycles. The van der Waals surface area contributed by atoms with Gasteiger partial charge in [-0.3, -0.25) is 0 Å². The van der Waals surface area contributed by atoms with E-state index in [0.29, 0.717) is 0 Å². The molecule has 0 N–H and O–H groups in total. The van der Waals surface area contributed by atoms with Gasteiger partial charge in [-0.25, -0.2) is 37.3 Å². The topological polar surface area (TPSA) is 184 Å². The first-order valence-corrected chi connectivity index (χ1v) is 3.70. The number of hydrogen-bond donors (Lipinski definition) is 0. The molecule has 0 heterocycles. The van der Waals surface area contributed by atoms with Crippen molar-refractivity contribution < 1.29 is 57.8 Å². The SMILES string of the molecule is [O-][Cl+3]([O-])([O-])[O-].[O-][Cl+3]([O-])([O-])[O-].[SnH2+2]. The zero-order valence-electron chi connectivity index (χ0n) is 4.73. The summed E-state index contributed by atoms with van der Waals surface area (Å²) in [6.45, 7) is 0. The number of hydrogen-bond acceptors (Lipinski definition) is 8. The molecule has 0 bridgehead atoms. The molecule has 0 aromatic rings. The molecule has 0 aromatic heterocycles. The van der Waals surface area contributed by atoms with Crippen LogP contribution >= 0.6 is 0 Å². The molecule has 11 heavy (non-hydrogen) atoms. The van der Waals surface area contributed by atoms with Gasteiger partial charge in [-0.2, -0.15) is 0 Å². The average Bonchev–Trinajstić information content (AvgIpc) is 1.12. The van der Waals surface area contributed by atoms with Crippen molar-refractivity contribution in [3.05, 3.63) is 0 Å². The maximum absolute atomic E-state index is 8.49. The first-order chi connectivity index (χ1) is 4.00. The van der Waals surface area contributed by atoms with Crippen LogP contribution in [0.4, 0.5) is 0 Å². The van der Waals surface area contributed by atoms with Gasteiger partial charge in [-0.05, 0) is 0 Å². The molecule has 0 amide bonds. The van der Waals surface area contributed by atoms with Gasteiger partial charge in [-0.15, -0.1) is 20.5 Å². The number of halogens is 2. The van der Waals surface area contributed by atoms with Gasteiger partial charge in [0.25, 0.3) is 0 Å². The van der Waals surface area contributed by atoms with Crippen LogP contribution in [0.5, 0.6) is 0 Å². The Labute approximate surface area is 81.7 Å². The molecule has 8 nitrogen and oxygen atoms in total. The van der Waals surface area contributed by atoms with E-state index in [1.807, 2.05) is 0 Å². The summed E-state index contributed by atoms with van der Waals surface area (Å²) < 4.78 is 67.9. The summed E-state index contributed by atoms with van der Waals surface area (Å²) in [5.74, 6) is 0. The third kappa shape index (κ3) is 810. The van der Waals surface area contributed by atoms with Crippen molar-refractivity contribution in [3.63, 3.8) is 0 Å². The Balaban J connectivity index is -0.000000107. The zero-order chi connectivity index (χ0) is 9.00. The van der Waals surface area contributed by atoms with Gasteiger partial charge in [-0.1, -0.05) is 0 Å². The van der Waals surface area contributed by atoms with Crippen molar-refractivity contribution >= 4 is 23.9 Å². The maximum atomic E-state index is 8.49. The van der Waals surface area contributed by atoms with Crippen LogP contribution in [0.25, 0.3) is 0 Å². The van der Waals surface area contributed by atoms with Crippen molar-refractivity contribution in [2.24, 2.45) is 0 Å². The van der Waals surface area contributed by atoms with E-state index in [1.54, 1.807) is 0 Å². The summed E-state index contributed by atoms with van der Waals surface area (Å²) in [7, 11) is -9.89. The van der Waals surface area contributed by atoms with Crippen LogP contribution in [0.1, 0.15) is 0 Å². The predicted octanol–water partition coefficient (Wildman–Crippen LogP) is -10.4. The normalized spacial score (nSPS) is 10.9. The van der Waals surface area contributed by atoms with E-state index in [4.69, 9.17) is 37.3 Å².